The normalized spacial score (nSPS) is 22.9. The van der Waals surface area contributed by atoms with E-state index in [4.69, 9.17) is 16.3 Å². The van der Waals surface area contributed by atoms with Crippen LogP contribution in [0, 0.1) is 0 Å². The monoisotopic (exact) mass is 461 g/mol. The molecule has 0 bridgehead atoms. The van der Waals surface area contributed by atoms with Crippen LogP contribution in [0.15, 0.2) is 6.07 Å². The van der Waals surface area contributed by atoms with E-state index < -0.39 is 21.3 Å². The van der Waals surface area contributed by atoms with Gasteiger partial charge in [-0.15, -0.1) is 11.3 Å². The van der Waals surface area contributed by atoms with Crippen molar-refractivity contribution in [2.75, 3.05) is 57.1 Å². The van der Waals surface area contributed by atoms with Gasteiger partial charge < -0.3 is 20.1 Å². The summed E-state index contributed by atoms with van der Waals surface area (Å²) in [5.74, 6) is 0.838. The Balaban J connectivity index is 1.54. The van der Waals surface area contributed by atoms with E-state index in [9.17, 15) is 13.5 Å². The standard InChI is InChI=1S/C17H24ClN5O4S2/c1-29(25,26)16(24)13-10-22(3-2-19-13)9-11-8-12-14(28-11)15(21-17(18)20-12)23-4-6-27-7-5-23/h8,13,16,19,24H,2-7,9-10H2,1H3. The number of nitrogens with zero attached hydrogens (tertiary/aromatic N) is 4. The third kappa shape index (κ3) is 4.82. The summed E-state index contributed by atoms with van der Waals surface area (Å²) in [5.41, 5.74) is -0.598. The molecule has 2 aliphatic heterocycles. The number of aromatic nitrogens is 2. The molecule has 2 atom stereocenters. The Morgan fingerprint density at radius 2 is 2.14 bits per heavy atom. The Labute approximate surface area is 178 Å². The van der Waals surface area contributed by atoms with Crippen LogP contribution in [0.2, 0.25) is 5.28 Å². The first-order valence-corrected chi connectivity index (χ1v) is 12.6. The van der Waals surface area contributed by atoms with Crippen LogP contribution < -0.4 is 10.2 Å². The van der Waals surface area contributed by atoms with Gasteiger partial charge in [0.05, 0.1) is 29.5 Å². The van der Waals surface area contributed by atoms with E-state index in [-0.39, 0.29) is 5.28 Å². The molecule has 2 saturated heterocycles. The van der Waals surface area contributed by atoms with Crippen LogP contribution in [0.5, 0.6) is 0 Å². The lowest BCUT2D eigenvalue weighted by molar-refractivity contribution is 0.122. The zero-order chi connectivity index (χ0) is 20.6. The number of fused-ring (bicyclic) bond motifs is 1. The lowest BCUT2D eigenvalue weighted by Gasteiger charge is -2.35. The van der Waals surface area contributed by atoms with Gasteiger partial charge in [0, 0.05) is 50.4 Å². The molecule has 160 valence electrons. The number of nitrogens with one attached hydrogen (secondary N) is 1. The lowest BCUT2D eigenvalue weighted by atomic mass is 10.2. The molecule has 2 aromatic heterocycles. The number of rotatable bonds is 5. The quantitative estimate of drug-likeness (QED) is 0.608. The first-order chi connectivity index (χ1) is 13.8. The van der Waals surface area contributed by atoms with Crippen molar-refractivity contribution in [1.29, 1.82) is 0 Å². The first kappa shape index (κ1) is 21.2. The highest BCUT2D eigenvalue weighted by molar-refractivity contribution is 7.91. The number of hydrogen-bond acceptors (Lipinski definition) is 10. The molecule has 0 spiro atoms. The average Bonchev–Trinajstić information content (AvgIpc) is 3.09. The third-order valence-corrected chi connectivity index (χ3v) is 7.62. The number of piperazine rings is 1. The number of halogens is 1. The smallest absolute Gasteiger partial charge is 0.224 e. The summed E-state index contributed by atoms with van der Waals surface area (Å²) in [6, 6.07) is 1.51. The Morgan fingerprint density at radius 1 is 1.38 bits per heavy atom. The Hall–Kier alpha value is -1.08. The second kappa shape index (κ2) is 8.58. The van der Waals surface area contributed by atoms with E-state index in [1.807, 2.05) is 6.07 Å². The molecule has 0 radical (unpaired) electrons. The second-order valence-corrected chi connectivity index (χ2v) is 11.0. The van der Waals surface area contributed by atoms with E-state index in [1.165, 1.54) is 0 Å². The number of morpholine rings is 1. The molecule has 2 N–H and O–H groups in total. The molecular weight excluding hydrogens is 438 g/mol. The molecule has 0 aromatic carbocycles. The first-order valence-electron chi connectivity index (χ1n) is 9.42. The molecule has 2 aromatic rings. The van der Waals surface area contributed by atoms with Gasteiger partial charge in [-0.2, -0.15) is 4.98 Å². The van der Waals surface area contributed by atoms with Gasteiger partial charge in [0.25, 0.3) is 0 Å². The number of anilines is 1. The van der Waals surface area contributed by atoms with Crippen molar-refractivity contribution in [2.45, 2.75) is 18.0 Å². The highest BCUT2D eigenvalue weighted by atomic mass is 35.5. The van der Waals surface area contributed by atoms with Crippen LogP contribution >= 0.6 is 22.9 Å². The average molecular weight is 462 g/mol. The molecule has 9 nitrogen and oxygen atoms in total. The molecule has 2 fully saturated rings. The fraction of sp³-hybridized carbons (Fsp3) is 0.647. The third-order valence-electron chi connectivity index (χ3n) is 5.14. The Morgan fingerprint density at radius 3 is 2.86 bits per heavy atom. The van der Waals surface area contributed by atoms with Crippen LogP contribution in [0.4, 0.5) is 5.82 Å². The van der Waals surface area contributed by atoms with Crippen LogP contribution in [0.3, 0.4) is 0 Å². The molecule has 29 heavy (non-hydrogen) atoms. The van der Waals surface area contributed by atoms with Crippen molar-refractivity contribution in [3.05, 3.63) is 16.2 Å². The van der Waals surface area contributed by atoms with E-state index in [2.05, 4.69) is 25.1 Å². The van der Waals surface area contributed by atoms with Crippen LogP contribution in [0.1, 0.15) is 4.88 Å². The van der Waals surface area contributed by atoms with Crippen molar-refractivity contribution in [1.82, 2.24) is 20.2 Å². The predicted octanol–water partition coefficient (Wildman–Crippen LogP) is 0.318. The van der Waals surface area contributed by atoms with Crippen LogP contribution in [-0.2, 0) is 21.1 Å². The summed E-state index contributed by atoms with van der Waals surface area (Å²) in [6.07, 6.45) is 1.06. The molecule has 4 rings (SSSR count). The van der Waals surface area contributed by atoms with Crippen LogP contribution in [0.25, 0.3) is 10.2 Å². The zero-order valence-corrected chi connectivity index (χ0v) is 18.4. The zero-order valence-electron chi connectivity index (χ0n) is 16.0. The number of aliphatic hydroxyl groups is 1. The summed E-state index contributed by atoms with van der Waals surface area (Å²) in [6.45, 7) is 5.33. The van der Waals surface area contributed by atoms with Crippen molar-refractivity contribution in [2.24, 2.45) is 0 Å². The largest absolute Gasteiger partial charge is 0.378 e. The van der Waals surface area contributed by atoms with Crippen molar-refractivity contribution in [3.63, 3.8) is 0 Å². The highest BCUT2D eigenvalue weighted by Gasteiger charge is 2.32. The minimum Gasteiger partial charge on any atom is -0.378 e. The summed E-state index contributed by atoms with van der Waals surface area (Å²) < 4.78 is 29.8. The second-order valence-electron chi connectivity index (χ2n) is 7.36. The Kier molecular flexibility index (Phi) is 6.26. The van der Waals surface area contributed by atoms with Gasteiger partial charge in [0.2, 0.25) is 5.28 Å². The van der Waals surface area contributed by atoms with Gasteiger partial charge in [0.15, 0.2) is 21.1 Å². The van der Waals surface area contributed by atoms with Gasteiger partial charge in [-0.3, -0.25) is 4.90 Å². The fourth-order valence-corrected chi connectivity index (χ4v) is 5.80. The lowest BCUT2D eigenvalue weighted by Crippen LogP contribution is -2.56. The van der Waals surface area contributed by atoms with Crippen LogP contribution in [-0.4, -0.2) is 92.1 Å². The molecule has 2 aliphatic rings. The maximum atomic E-state index is 11.7. The van der Waals surface area contributed by atoms with Gasteiger partial charge in [-0.25, -0.2) is 13.4 Å². The SMILES string of the molecule is CS(=O)(=O)C(O)C1CN(Cc2cc3nc(Cl)nc(N4CCOCC4)c3s2)CCN1. The minimum atomic E-state index is -3.52. The molecule has 0 saturated carbocycles. The summed E-state index contributed by atoms with van der Waals surface area (Å²) in [7, 11) is -3.52. The highest BCUT2D eigenvalue weighted by Crippen LogP contribution is 2.34. The van der Waals surface area contributed by atoms with Gasteiger partial charge in [-0.05, 0) is 17.7 Å². The molecule has 2 unspecified atom stereocenters. The molecular formula is C17H24ClN5O4S2. The topological polar surface area (TPSA) is 108 Å². The van der Waals surface area contributed by atoms with Gasteiger partial charge >= 0.3 is 0 Å². The summed E-state index contributed by atoms with van der Waals surface area (Å²) in [4.78, 5) is 14.2. The Bertz CT molecular complexity index is 980. The number of aliphatic hydroxyl groups excluding tert-OH is 1. The molecule has 0 aliphatic carbocycles. The fourth-order valence-electron chi connectivity index (χ4n) is 3.70. The predicted molar refractivity (Wildman–Crippen MR) is 113 cm³/mol. The summed E-state index contributed by atoms with van der Waals surface area (Å²) in [5, 5.41) is 13.4. The van der Waals surface area contributed by atoms with E-state index in [0.29, 0.717) is 32.8 Å². The van der Waals surface area contributed by atoms with E-state index in [0.717, 1.165) is 46.8 Å². The van der Waals surface area contributed by atoms with Gasteiger partial charge in [0.1, 0.15) is 0 Å². The number of hydrogen-bond donors (Lipinski definition) is 2. The van der Waals surface area contributed by atoms with Gasteiger partial charge in [-0.1, -0.05) is 0 Å². The van der Waals surface area contributed by atoms with E-state index >= 15 is 0 Å². The van der Waals surface area contributed by atoms with Crippen molar-refractivity contribution < 1.29 is 18.3 Å². The number of ether oxygens (including phenoxy) is 1. The van der Waals surface area contributed by atoms with E-state index in [1.54, 1.807) is 11.3 Å². The van der Waals surface area contributed by atoms with Crippen molar-refractivity contribution >= 4 is 48.8 Å². The molecule has 12 heteroatoms. The maximum Gasteiger partial charge on any atom is 0.224 e. The summed E-state index contributed by atoms with van der Waals surface area (Å²) >= 11 is 7.79. The minimum absolute atomic E-state index is 0.224. The maximum absolute atomic E-state index is 11.7. The number of sulfone groups is 1. The molecule has 4 heterocycles. The number of thiophene rings is 1. The molecule has 0 amide bonds. The van der Waals surface area contributed by atoms with Crippen molar-refractivity contribution in [3.8, 4) is 0 Å².